The fourth-order valence-electron chi connectivity index (χ4n) is 1.16. The summed E-state index contributed by atoms with van der Waals surface area (Å²) in [6.45, 7) is 10.3. The number of rotatable bonds is 9. The van der Waals surface area contributed by atoms with Gasteiger partial charge in [0.15, 0.2) is 0 Å². The lowest BCUT2D eigenvalue weighted by Crippen LogP contribution is -2.35. The van der Waals surface area contributed by atoms with E-state index in [0.717, 1.165) is 13.2 Å². The third-order valence-electron chi connectivity index (χ3n) is 1.88. The molecule has 0 aliphatic heterocycles. The molecular weight excluding hydrogens is 194 g/mol. The molecule has 2 N–H and O–H groups in total. The van der Waals surface area contributed by atoms with Crippen LogP contribution in [0.15, 0.2) is 0 Å². The predicted octanol–water partition coefficient (Wildman–Crippen LogP) is 0.787. The third kappa shape index (κ3) is 10.1. The molecule has 0 aromatic heterocycles. The summed E-state index contributed by atoms with van der Waals surface area (Å²) in [4.78, 5) is 0. The van der Waals surface area contributed by atoms with Crippen LogP contribution in [0.5, 0.6) is 0 Å². The number of hydrogen-bond acceptors (Lipinski definition) is 4. The van der Waals surface area contributed by atoms with Gasteiger partial charge < -0.3 is 19.9 Å². The average Bonchev–Trinajstić information content (AvgIpc) is 2.15. The van der Waals surface area contributed by atoms with Crippen LogP contribution in [0.4, 0.5) is 0 Å². The van der Waals surface area contributed by atoms with E-state index in [4.69, 9.17) is 9.47 Å². The second-order valence-electron chi connectivity index (χ2n) is 3.96. The zero-order valence-corrected chi connectivity index (χ0v) is 10.3. The molecule has 0 heterocycles. The van der Waals surface area contributed by atoms with E-state index in [0.29, 0.717) is 13.2 Å². The Morgan fingerprint density at radius 3 is 2.33 bits per heavy atom. The monoisotopic (exact) mass is 219 g/mol. The maximum absolute atomic E-state index is 9.51. The second kappa shape index (κ2) is 9.09. The molecule has 0 aromatic rings. The SMILES string of the molecule is CCOC(C)CNCC(O)COC(C)C. The quantitative estimate of drug-likeness (QED) is 0.602. The van der Waals surface area contributed by atoms with Crippen LogP contribution < -0.4 is 5.32 Å². The fraction of sp³-hybridized carbons (Fsp3) is 1.00. The van der Waals surface area contributed by atoms with Crippen LogP contribution in [0.1, 0.15) is 27.7 Å². The highest BCUT2D eigenvalue weighted by molar-refractivity contribution is 4.61. The number of nitrogens with one attached hydrogen (secondary N) is 1. The molecular formula is C11H25NO3. The highest BCUT2D eigenvalue weighted by atomic mass is 16.5. The van der Waals surface area contributed by atoms with E-state index in [9.17, 15) is 5.11 Å². The molecule has 0 saturated heterocycles. The van der Waals surface area contributed by atoms with Crippen LogP contribution in [-0.2, 0) is 9.47 Å². The normalized spacial score (nSPS) is 15.6. The van der Waals surface area contributed by atoms with Crippen molar-refractivity contribution in [2.75, 3.05) is 26.3 Å². The molecule has 0 aliphatic carbocycles. The van der Waals surface area contributed by atoms with Gasteiger partial charge in [0.1, 0.15) is 0 Å². The smallest absolute Gasteiger partial charge is 0.0897 e. The Hall–Kier alpha value is -0.160. The molecule has 15 heavy (non-hydrogen) atoms. The van der Waals surface area contributed by atoms with Gasteiger partial charge in [0.05, 0.1) is 24.9 Å². The Balaban J connectivity index is 3.34. The molecule has 2 unspecified atom stereocenters. The van der Waals surface area contributed by atoms with Crippen molar-refractivity contribution in [1.29, 1.82) is 0 Å². The first-order chi connectivity index (χ1) is 7.06. The first kappa shape index (κ1) is 14.8. The van der Waals surface area contributed by atoms with Crippen molar-refractivity contribution >= 4 is 0 Å². The highest BCUT2D eigenvalue weighted by Crippen LogP contribution is 1.92. The van der Waals surface area contributed by atoms with Crippen LogP contribution in [0.3, 0.4) is 0 Å². The molecule has 0 amide bonds. The molecule has 0 saturated carbocycles. The van der Waals surface area contributed by atoms with Crippen molar-refractivity contribution in [2.24, 2.45) is 0 Å². The van der Waals surface area contributed by atoms with Gasteiger partial charge in [-0.25, -0.2) is 0 Å². The number of aliphatic hydroxyl groups excluding tert-OH is 1. The van der Waals surface area contributed by atoms with Gasteiger partial charge in [-0.2, -0.15) is 0 Å². The Kier molecular flexibility index (Phi) is 9.00. The fourth-order valence-corrected chi connectivity index (χ4v) is 1.16. The molecule has 0 fully saturated rings. The molecule has 0 rings (SSSR count). The lowest BCUT2D eigenvalue weighted by atomic mass is 10.3. The van der Waals surface area contributed by atoms with Gasteiger partial charge in [0, 0.05) is 19.7 Å². The summed E-state index contributed by atoms with van der Waals surface area (Å²) >= 11 is 0. The van der Waals surface area contributed by atoms with E-state index in [1.165, 1.54) is 0 Å². The van der Waals surface area contributed by atoms with E-state index in [1.807, 2.05) is 27.7 Å². The minimum Gasteiger partial charge on any atom is -0.389 e. The highest BCUT2D eigenvalue weighted by Gasteiger charge is 2.06. The van der Waals surface area contributed by atoms with E-state index in [-0.39, 0.29) is 12.2 Å². The molecule has 0 spiro atoms. The zero-order chi connectivity index (χ0) is 11.7. The van der Waals surface area contributed by atoms with Crippen molar-refractivity contribution < 1.29 is 14.6 Å². The zero-order valence-electron chi connectivity index (χ0n) is 10.3. The van der Waals surface area contributed by atoms with E-state index in [2.05, 4.69) is 5.32 Å². The van der Waals surface area contributed by atoms with E-state index in [1.54, 1.807) is 0 Å². The van der Waals surface area contributed by atoms with Gasteiger partial charge in [0.2, 0.25) is 0 Å². The minimum absolute atomic E-state index is 0.169. The summed E-state index contributed by atoms with van der Waals surface area (Å²) in [5.41, 5.74) is 0. The minimum atomic E-state index is -0.443. The lowest BCUT2D eigenvalue weighted by molar-refractivity contribution is 0.00425. The van der Waals surface area contributed by atoms with Crippen LogP contribution in [0.2, 0.25) is 0 Å². The molecule has 4 nitrogen and oxygen atoms in total. The van der Waals surface area contributed by atoms with Gasteiger partial charge in [0.25, 0.3) is 0 Å². The predicted molar refractivity (Wildman–Crippen MR) is 61.1 cm³/mol. The summed E-state index contributed by atoms with van der Waals surface area (Å²) in [6.07, 6.45) is -0.0866. The molecule has 0 aromatic carbocycles. The van der Waals surface area contributed by atoms with E-state index < -0.39 is 6.10 Å². The molecule has 0 bridgehead atoms. The Morgan fingerprint density at radius 1 is 1.13 bits per heavy atom. The topological polar surface area (TPSA) is 50.7 Å². The van der Waals surface area contributed by atoms with Gasteiger partial charge in [-0.3, -0.25) is 0 Å². The molecule has 2 atom stereocenters. The van der Waals surface area contributed by atoms with Crippen molar-refractivity contribution in [2.45, 2.75) is 46.0 Å². The Labute approximate surface area is 93.0 Å². The Bertz CT molecular complexity index is 142. The summed E-state index contributed by atoms with van der Waals surface area (Å²) in [7, 11) is 0. The standard InChI is InChI=1S/C11H25NO3/c1-5-14-10(4)6-12-7-11(13)8-15-9(2)3/h9-13H,5-8H2,1-4H3. The summed E-state index contributed by atoms with van der Waals surface area (Å²) in [5, 5.41) is 12.7. The number of aliphatic hydroxyl groups is 1. The molecule has 92 valence electrons. The first-order valence-electron chi connectivity index (χ1n) is 5.68. The van der Waals surface area contributed by atoms with Gasteiger partial charge >= 0.3 is 0 Å². The average molecular weight is 219 g/mol. The molecule has 0 radical (unpaired) electrons. The van der Waals surface area contributed by atoms with Crippen LogP contribution in [0.25, 0.3) is 0 Å². The second-order valence-corrected chi connectivity index (χ2v) is 3.96. The summed E-state index contributed by atoms with van der Waals surface area (Å²) in [5.74, 6) is 0. The van der Waals surface area contributed by atoms with Crippen LogP contribution >= 0.6 is 0 Å². The lowest BCUT2D eigenvalue weighted by Gasteiger charge is -2.16. The Morgan fingerprint density at radius 2 is 1.80 bits per heavy atom. The maximum atomic E-state index is 9.51. The van der Waals surface area contributed by atoms with Gasteiger partial charge in [-0.15, -0.1) is 0 Å². The largest absolute Gasteiger partial charge is 0.389 e. The molecule has 4 heteroatoms. The maximum Gasteiger partial charge on any atom is 0.0897 e. The number of ether oxygens (including phenoxy) is 2. The summed E-state index contributed by atoms with van der Waals surface area (Å²) in [6, 6.07) is 0. The van der Waals surface area contributed by atoms with E-state index >= 15 is 0 Å². The first-order valence-corrected chi connectivity index (χ1v) is 5.68. The van der Waals surface area contributed by atoms with Crippen molar-refractivity contribution in [3.8, 4) is 0 Å². The van der Waals surface area contributed by atoms with Crippen LogP contribution in [-0.4, -0.2) is 49.7 Å². The number of hydrogen-bond donors (Lipinski definition) is 2. The van der Waals surface area contributed by atoms with Crippen molar-refractivity contribution in [3.05, 3.63) is 0 Å². The van der Waals surface area contributed by atoms with Crippen molar-refractivity contribution in [3.63, 3.8) is 0 Å². The third-order valence-corrected chi connectivity index (χ3v) is 1.88. The van der Waals surface area contributed by atoms with Crippen LogP contribution in [0, 0.1) is 0 Å². The molecule has 0 aliphatic rings. The summed E-state index contributed by atoms with van der Waals surface area (Å²) < 4.78 is 10.6. The van der Waals surface area contributed by atoms with Gasteiger partial charge in [-0.1, -0.05) is 0 Å². The van der Waals surface area contributed by atoms with Gasteiger partial charge in [-0.05, 0) is 27.7 Å². The van der Waals surface area contributed by atoms with Crippen molar-refractivity contribution in [1.82, 2.24) is 5.32 Å².